The molecular weight excluding hydrogens is 370 g/mol. The van der Waals surface area contributed by atoms with E-state index in [9.17, 15) is 9.90 Å². The van der Waals surface area contributed by atoms with Crippen molar-refractivity contribution in [1.29, 1.82) is 0 Å². The maximum Gasteiger partial charge on any atom is 0.235 e. The molecule has 2 atom stereocenters. The van der Waals surface area contributed by atoms with E-state index in [0.29, 0.717) is 11.8 Å². The van der Waals surface area contributed by atoms with E-state index in [4.69, 9.17) is 9.47 Å². The number of hydrogen-bond donors (Lipinski definition) is 1. The zero-order valence-corrected chi connectivity index (χ0v) is 15.8. The summed E-state index contributed by atoms with van der Waals surface area (Å²) in [6, 6.07) is 7.24. The average Bonchev–Trinajstić information content (AvgIpc) is 3.47. The highest BCUT2D eigenvalue weighted by Crippen LogP contribution is 2.40. The Labute approximate surface area is 166 Å². The lowest BCUT2D eigenvalue weighted by Gasteiger charge is -2.29. The van der Waals surface area contributed by atoms with Crippen LogP contribution in [0.3, 0.4) is 0 Å². The van der Waals surface area contributed by atoms with Crippen molar-refractivity contribution in [3.05, 3.63) is 53.5 Å². The molecule has 7 heteroatoms. The van der Waals surface area contributed by atoms with Crippen LogP contribution in [0.5, 0.6) is 11.5 Å². The molecule has 7 nitrogen and oxygen atoms in total. The van der Waals surface area contributed by atoms with Gasteiger partial charge in [-0.05, 0) is 30.7 Å². The number of carbonyl (C=O) groups is 1. The summed E-state index contributed by atoms with van der Waals surface area (Å²) in [7, 11) is 1.94. The third kappa shape index (κ3) is 2.34. The number of pyridine rings is 1. The van der Waals surface area contributed by atoms with E-state index in [-0.39, 0.29) is 29.0 Å². The Morgan fingerprint density at radius 2 is 2.21 bits per heavy atom. The third-order valence-electron chi connectivity index (χ3n) is 6.04. The number of anilines is 1. The van der Waals surface area contributed by atoms with Gasteiger partial charge in [0.15, 0.2) is 5.76 Å². The molecule has 1 N–H and O–H groups in total. The molecule has 0 saturated carbocycles. The predicted octanol–water partition coefficient (Wildman–Crippen LogP) is 2.87. The van der Waals surface area contributed by atoms with Crippen molar-refractivity contribution in [3.8, 4) is 11.5 Å². The molecule has 2 bridgehead atoms. The Bertz CT molecular complexity index is 1210. The largest absolute Gasteiger partial charge is 0.507 e. The number of phenolic OH excluding ortho intramolecular Hbond substituents is 1. The minimum atomic E-state index is -0.311. The maximum atomic E-state index is 12.8. The molecule has 2 fully saturated rings. The minimum absolute atomic E-state index is 0.0655. The second-order valence-electron chi connectivity index (χ2n) is 7.81. The number of benzene rings is 1. The topological polar surface area (TPSA) is 76.8 Å². The Morgan fingerprint density at radius 3 is 2.97 bits per heavy atom. The number of fused-ring (bicyclic) bond motifs is 4. The summed E-state index contributed by atoms with van der Waals surface area (Å²) < 4.78 is 13.5. The van der Waals surface area contributed by atoms with Gasteiger partial charge in [-0.25, -0.2) is 4.98 Å². The number of hydrogen-bond acceptors (Lipinski definition) is 6. The molecule has 0 aliphatic carbocycles. The number of allylic oxidation sites excluding steroid dienone is 1. The van der Waals surface area contributed by atoms with E-state index >= 15 is 0 Å². The first-order valence-electron chi connectivity index (χ1n) is 9.68. The van der Waals surface area contributed by atoms with Gasteiger partial charge in [0.25, 0.3) is 0 Å². The first-order chi connectivity index (χ1) is 14.1. The zero-order valence-electron chi connectivity index (χ0n) is 15.8. The van der Waals surface area contributed by atoms with Gasteiger partial charge in [0.2, 0.25) is 5.78 Å². The van der Waals surface area contributed by atoms with Crippen molar-refractivity contribution < 1.29 is 19.4 Å². The van der Waals surface area contributed by atoms with Gasteiger partial charge in [0.05, 0.1) is 24.4 Å². The molecule has 6 rings (SSSR count). The van der Waals surface area contributed by atoms with Gasteiger partial charge in [0, 0.05) is 36.9 Å². The standard InChI is InChI=1S/C22H19N3O4/c1-24-9-12(7-18-21(27)20-16(26)3-2-4-17(20)29-18)19-15(5-6-23-22(19)24)25-10-14-8-13(25)11-28-14/h2-7,9,13-14,26H,8,10-11H2,1H3/b18-7-. The normalized spacial score (nSPS) is 24.0. The number of Topliss-reactive ketones (excluding diaryl/α,β-unsaturated/α-hetero) is 1. The summed E-state index contributed by atoms with van der Waals surface area (Å²) in [5, 5.41) is 11.0. The molecule has 1 aromatic carbocycles. The molecule has 146 valence electrons. The fourth-order valence-electron chi connectivity index (χ4n) is 4.72. The summed E-state index contributed by atoms with van der Waals surface area (Å²) in [5.41, 5.74) is 3.03. The number of rotatable bonds is 2. The average molecular weight is 389 g/mol. The number of aryl methyl sites for hydroxylation is 1. The van der Waals surface area contributed by atoms with E-state index in [0.717, 1.165) is 41.9 Å². The molecule has 0 radical (unpaired) electrons. The first-order valence-corrected chi connectivity index (χ1v) is 9.68. The van der Waals surface area contributed by atoms with E-state index in [1.165, 1.54) is 6.07 Å². The van der Waals surface area contributed by atoms with Crippen molar-refractivity contribution in [2.75, 3.05) is 18.1 Å². The SMILES string of the molecule is Cn1cc(/C=C2\Oc3cccc(O)c3C2=O)c2c(N3CC4CC3CO4)ccnc21. The lowest BCUT2D eigenvalue weighted by atomic mass is 10.1. The second-order valence-corrected chi connectivity index (χ2v) is 7.81. The highest BCUT2D eigenvalue weighted by atomic mass is 16.5. The number of morpholine rings is 1. The van der Waals surface area contributed by atoms with Crippen LogP contribution in [0.2, 0.25) is 0 Å². The van der Waals surface area contributed by atoms with E-state index < -0.39 is 0 Å². The van der Waals surface area contributed by atoms with Gasteiger partial charge in [0.1, 0.15) is 22.7 Å². The quantitative estimate of drug-likeness (QED) is 0.679. The number of aromatic nitrogens is 2. The van der Waals surface area contributed by atoms with Crippen LogP contribution in [0.4, 0.5) is 5.69 Å². The van der Waals surface area contributed by atoms with Crippen LogP contribution in [-0.4, -0.2) is 45.7 Å². The smallest absolute Gasteiger partial charge is 0.235 e. The molecule has 5 heterocycles. The fourth-order valence-corrected chi connectivity index (χ4v) is 4.72. The maximum absolute atomic E-state index is 12.8. The molecule has 3 aliphatic rings. The van der Waals surface area contributed by atoms with E-state index in [1.54, 1.807) is 18.2 Å². The molecule has 2 aromatic heterocycles. The summed E-state index contributed by atoms with van der Waals surface area (Å²) in [5.74, 6) is 0.211. The fraction of sp³-hybridized carbons (Fsp3) is 0.273. The van der Waals surface area contributed by atoms with Gasteiger partial charge in [-0.3, -0.25) is 4.79 Å². The van der Waals surface area contributed by atoms with Crippen LogP contribution in [0.1, 0.15) is 22.3 Å². The zero-order chi connectivity index (χ0) is 19.7. The lowest BCUT2D eigenvalue weighted by molar-refractivity contribution is 0.0992. The summed E-state index contributed by atoms with van der Waals surface area (Å²) in [4.78, 5) is 19.7. The van der Waals surface area contributed by atoms with Crippen LogP contribution in [-0.2, 0) is 11.8 Å². The summed E-state index contributed by atoms with van der Waals surface area (Å²) in [6.45, 7) is 1.61. The van der Waals surface area contributed by atoms with Crippen molar-refractivity contribution in [2.45, 2.75) is 18.6 Å². The van der Waals surface area contributed by atoms with Crippen LogP contribution in [0.15, 0.2) is 42.4 Å². The van der Waals surface area contributed by atoms with Crippen molar-refractivity contribution in [1.82, 2.24) is 9.55 Å². The number of phenols is 1. The van der Waals surface area contributed by atoms with Gasteiger partial charge in [-0.2, -0.15) is 0 Å². The number of nitrogens with zero attached hydrogens (tertiary/aromatic N) is 3. The molecule has 0 amide bonds. The Hall–Kier alpha value is -3.32. The van der Waals surface area contributed by atoms with E-state index in [1.807, 2.05) is 30.1 Å². The van der Waals surface area contributed by atoms with Gasteiger partial charge >= 0.3 is 0 Å². The van der Waals surface area contributed by atoms with Gasteiger partial charge in [-0.1, -0.05) is 6.07 Å². The van der Waals surface area contributed by atoms with Crippen molar-refractivity contribution >= 4 is 28.6 Å². The molecule has 2 unspecified atom stereocenters. The Balaban J connectivity index is 1.49. The highest BCUT2D eigenvalue weighted by molar-refractivity contribution is 6.17. The van der Waals surface area contributed by atoms with Crippen molar-refractivity contribution in [3.63, 3.8) is 0 Å². The number of carbonyl (C=O) groups excluding carboxylic acids is 1. The Morgan fingerprint density at radius 1 is 1.31 bits per heavy atom. The first kappa shape index (κ1) is 16.6. The molecule has 2 saturated heterocycles. The van der Waals surface area contributed by atoms with Crippen LogP contribution >= 0.6 is 0 Å². The van der Waals surface area contributed by atoms with Crippen LogP contribution in [0.25, 0.3) is 17.1 Å². The highest BCUT2D eigenvalue weighted by Gasteiger charge is 2.40. The third-order valence-corrected chi connectivity index (χ3v) is 6.04. The second kappa shape index (κ2) is 5.84. The Kier molecular flexibility index (Phi) is 3.35. The summed E-state index contributed by atoms with van der Waals surface area (Å²) >= 11 is 0. The molecule has 29 heavy (non-hydrogen) atoms. The van der Waals surface area contributed by atoms with Gasteiger partial charge < -0.3 is 24.0 Å². The van der Waals surface area contributed by atoms with Crippen molar-refractivity contribution in [2.24, 2.45) is 7.05 Å². The minimum Gasteiger partial charge on any atom is -0.507 e. The molecule has 0 spiro atoms. The molecule has 3 aliphatic heterocycles. The van der Waals surface area contributed by atoms with E-state index in [2.05, 4.69) is 9.88 Å². The monoisotopic (exact) mass is 389 g/mol. The summed E-state index contributed by atoms with van der Waals surface area (Å²) in [6.07, 6.45) is 6.86. The number of aromatic hydroxyl groups is 1. The molecular formula is C22H19N3O4. The lowest BCUT2D eigenvalue weighted by Crippen LogP contribution is -2.37. The predicted molar refractivity (Wildman–Crippen MR) is 107 cm³/mol. The van der Waals surface area contributed by atoms with Crippen LogP contribution < -0.4 is 9.64 Å². The molecule has 3 aromatic rings. The number of ketones is 1. The number of ether oxygens (including phenoxy) is 2. The van der Waals surface area contributed by atoms with Crippen LogP contribution in [0, 0.1) is 0 Å². The van der Waals surface area contributed by atoms with Gasteiger partial charge in [-0.15, -0.1) is 0 Å².